The molecule has 4 heteroatoms. The van der Waals surface area contributed by atoms with Crippen LogP contribution >= 0.6 is 0 Å². The number of furan rings is 1. The van der Waals surface area contributed by atoms with Gasteiger partial charge in [-0.1, -0.05) is 0 Å². The molecule has 0 bridgehead atoms. The monoisotopic (exact) mass is 294 g/mol. The Morgan fingerprint density at radius 1 is 1.38 bits per heavy atom. The molecule has 2 rings (SSSR count). The molecule has 0 saturated carbocycles. The normalized spacial score (nSPS) is 23.2. The third-order valence-corrected chi connectivity index (χ3v) is 4.19. The van der Waals surface area contributed by atoms with E-state index in [9.17, 15) is 0 Å². The Bertz CT molecular complexity index is 462. The smallest absolute Gasteiger partial charge is 0.118 e. The van der Waals surface area contributed by atoms with Gasteiger partial charge in [-0.15, -0.1) is 0 Å². The van der Waals surface area contributed by atoms with Gasteiger partial charge in [0.25, 0.3) is 0 Å². The lowest BCUT2D eigenvalue weighted by atomic mass is 10.1. The molecule has 0 spiro atoms. The molecule has 1 aliphatic rings. The summed E-state index contributed by atoms with van der Waals surface area (Å²) in [5, 5.41) is 3.51. The lowest BCUT2D eigenvalue weighted by Gasteiger charge is -2.25. The lowest BCUT2D eigenvalue weighted by molar-refractivity contribution is 0.0791. The number of rotatable bonds is 5. The first kappa shape index (κ1) is 16.5. The fraction of sp³-hybridized carbons (Fsp3) is 0.765. The van der Waals surface area contributed by atoms with Crippen molar-refractivity contribution in [1.82, 2.24) is 10.2 Å². The Labute approximate surface area is 128 Å². The Morgan fingerprint density at radius 3 is 2.67 bits per heavy atom. The van der Waals surface area contributed by atoms with Crippen LogP contribution in [0.2, 0.25) is 0 Å². The van der Waals surface area contributed by atoms with E-state index in [0.717, 1.165) is 37.6 Å². The highest BCUT2D eigenvalue weighted by molar-refractivity contribution is 5.21. The molecular weight excluding hydrogens is 264 g/mol. The van der Waals surface area contributed by atoms with Gasteiger partial charge in [0, 0.05) is 30.3 Å². The van der Waals surface area contributed by atoms with Crippen LogP contribution in [0.3, 0.4) is 0 Å². The zero-order valence-corrected chi connectivity index (χ0v) is 14.3. The highest BCUT2D eigenvalue weighted by Crippen LogP contribution is 2.22. The molecule has 21 heavy (non-hydrogen) atoms. The van der Waals surface area contributed by atoms with Crippen molar-refractivity contribution in [1.29, 1.82) is 0 Å². The van der Waals surface area contributed by atoms with Crippen LogP contribution in [0.25, 0.3) is 0 Å². The van der Waals surface area contributed by atoms with Crippen molar-refractivity contribution in [3.63, 3.8) is 0 Å². The first-order chi connectivity index (χ1) is 9.76. The van der Waals surface area contributed by atoms with Gasteiger partial charge in [0.1, 0.15) is 11.5 Å². The number of aryl methyl sites for hydroxylation is 1. The highest BCUT2D eigenvalue weighted by Gasteiger charge is 2.28. The summed E-state index contributed by atoms with van der Waals surface area (Å²) in [6.45, 7) is 13.3. The summed E-state index contributed by atoms with van der Waals surface area (Å²) in [6, 6.07) is 2.68. The average molecular weight is 294 g/mol. The Kier molecular flexibility index (Phi) is 5.12. The van der Waals surface area contributed by atoms with Crippen LogP contribution < -0.4 is 5.32 Å². The standard InChI is InChI=1S/C17H30N2O2/c1-12-14(10-18-17(3,4)5)9-15(21-12)11-19(6)16-7-8-20-13(16)2/h9,13,16,18H,7-8,10-11H2,1-6H3. The third kappa shape index (κ3) is 4.56. The van der Waals surface area contributed by atoms with Crippen LogP contribution in [0.4, 0.5) is 0 Å². The maximum absolute atomic E-state index is 5.92. The summed E-state index contributed by atoms with van der Waals surface area (Å²) >= 11 is 0. The van der Waals surface area contributed by atoms with Crippen molar-refractivity contribution in [2.24, 2.45) is 0 Å². The van der Waals surface area contributed by atoms with E-state index >= 15 is 0 Å². The summed E-state index contributed by atoms with van der Waals surface area (Å²) in [6.07, 6.45) is 1.42. The quantitative estimate of drug-likeness (QED) is 0.905. The van der Waals surface area contributed by atoms with Crippen LogP contribution in [-0.4, -0.2) is 36.2 Å². The fourth-order valence-electron chi connectivity index (χ4n) is 2.86. The van der Waals surface area contributed by atoms with Crippen molar-refractivity contribution < 1.29 is 9.15 Å². The number of hydrogen-bond donors (Lipinski definition) is 1. The fourth-order valence-corrected chi connectivity index (χ4v) is 2.86. The van der Waals surface area contributed by atoms with Crippen LogP contribution in [0, 0.1) is 6.92 Å². The van der Waals surface area contributed by atoms with Gasteiger partial charge < -0.3 is 14.5 Å². The molecule has 0 aromatic carbocycles. The minimum atomic E-state index is 0.122. The largest absolute Gasteiger partial charge is 0.465 e. The first-order valence-corrected chi connectivity index (χ1v) is 7.91. The van der Waals surface area contributed by atoms with Crippen molar-refractivity contribution >= 4 is 0 Å². The van der Waals surface area contributed by atoms with E-state index in [1.807, 2.05) is 6.92 Å². The van der Waals surface area contributed by atoms with E-state index in [4.69, 9.17) is 9.15 Å². The van der Waals surface area contributed by atoms with Gasteiger partial charge in [0.05, 0.1) is 12.6 Å². The third-order valence-electron chi connectivity index (χ3n) is 4.19. The van der Waals surface area contributed by atoms with E-state index in [2.05, 4.69) is 51.0 Å². The van der Waals surface area contributed by atoms with E-state index in [1.165, 1.54) is 5.56 Å². The van der Waals surface area contributed by atoms with Crippen molar-refractivity contribution in [2.45, 2.75) is 71.8 Å². The van der Waals surface area contributed by atoms with Gasteiger partial charge in [-0.25, -0.2) is 0 Å². The zero-order valence-electron chi connectivity index (χ0n) is 14.3. The molecule has 1 aromatic rings. The molecule has 2 unspecified atom stereocenters. The molecule has 1 N–H and O–H groups in total. The van der Waals surface area contributed by atoms with Crippen LogP contribution in [0.1, 0.15) is 51.2 Å². The maximum atomic E-state index is 5.92. The zero-order chi connectivity index (χ0) is 15.6. The minimum absolute atomic E-state index is 0.122. The molecule has 0 radical (unpaired) electrons. The molecular formula is C17H30N2O2. The topological polar surface area (TPSA) is 37.6 Å². The van der Waals surface area contributed by atoms with Gasteiger partial charge in [-0.05, 0) is 54.2 Å². The molecule has 0 aliphatic carbocycles. The van der Waals surface area contributed by atoms with Gasteiger partial charge >= 0.3 is 0 Å². The molecule has 1 saturated heterocycles. The van der Waals surface area contributed by atoms with Gasteiger partial charge in [0.2, 0.25) is 0 Å². The summed E-state index contributed by atoms with van der Waals surface area (Å²) in [5.74, 6) is 2.06. The van der Waals surface area contributed by atoms with E-state index < -0.39 is 0 Å². The number of nitrogens with one attached hydrogen (secondary N) is 1. The van der Waals surface area contributed by atoms with Crippen molar-refractivity contribution in [3.05, 3.63) is 23.2 Å². The molecule has 2 heterocycles. The number of hydrogen-bond acceptors (Lipinski definition) is 4. The van der Waals surface area contributed by atoms with E-state index in [-0.39, 0.29) is 5.54 Å². The Morgan fingerprint density at radius 2 is 2.10 bits per heavy atom. The predicted molar refractivity (Wildman–Crippen MR) is 85.3 cm³/mol. The summed E-state index contributed by atoms with van der Waals surface area (Å²) in [7, 11) is 2.15. The Hall–Kier alpha value is -0.840. The predicted octanol–water partition coefficient (Wildman–Crippen LogP) is 3.09. The molecule has 1 aromatic heterocycles. The van der Waals surface area contributed by atoms with Gasteiger partial charge in [-0.3, -0.25) is 4.90 Å². The minimum Gasteiger partial charge on any atom is -0.465 e. The molecule has 4 nitrogen and oxygen atoms in total. The van der Waals surface area contributed by atoms with Crippen LogP contribution in [0.15, 0.2) is 10.5 Å². The van der Waals surface area contributed by atoms with E-state index in [0.29, 0.717) is 12.1 Å². The summed E-state index contributed by atoms with van der Waals surface area (Å²) in [4.78, 5) is 2.34. The average Bonchev–Trinajstić information content (AvgIpc) is 2.92. The summed E-state index contributed by atoms with van der Waals surface area (Å²) < 4.78 is 11.6. The van der Waals surface area contributed by atoms with E-state index in [1.54, 1.807) is 0 Å². The number of nitrogens with zero attached hydrogens (tertiary/aromatic N) is 1. The Balaban J connectivity index is 1.95. The SMILES string of the molecule is Cc1oc(CN(C)C2CCOC2C)cc1CNC(C)(C)C. The lowest BCUT2D eigenvalue weighted by Crippen LogP contribution is -2.36. The number of likely N-dealkylation sites (N-methyl/N-ethyl adjacent to an activating group) is 1. The second-order valence-corrected chi connectivity index (χ2v) is 7.24. The molecule has 2 atom stereocenters. The molecule has 0 amide bonds. The number of ether oxygens (including phenoxy) is 1. The molecule has 1 fully saturated rings. The van der Waals surface area contributed by atoms with Gasteiger partial charge in [0.15, 0.2) is 0 Å². The molecule has 120 valence electrons. The van der Waals surface area contributed by atoms with Crippen LogP contribution in [0.5, 0.6) is 0 Å². The van der Waals surface area contributed by atoms with Crippen molar-refractivity contribution in [3.8, 4) is 0 Å². The second-order valence-electron chi connectivity index (χ2n) is 7.24. The van der Waals surface area contributed by atoms with Gasteiger partial charge in [-0.2, -0.15) is 0 Å². The summed E-state index contributed by atoms with van der Waals surface area (Å²) in [5.41, 5.74) is 1.38. The maximum Gasteiger partial charge on any atom is 0.118 e. The molecule has 1 aliphatic heterocycles. The van der Waals surface area contributed by atoms with Crippen LogP contribution in [-0.2, 0) is 17.8 Å². The highest BCUT2D eigenvalue weighted by atomic mass is 16.5. The second kappa shape index (κ2) is 6.51. The first-order valence-electron chi connectivity index (χ1n) is 7.91. The van der Waals surface area contributed by atoms with Crippen molar-refractivity contribution in [2.75, 3.05) is 13.7 Å².